The molecule has 1 N–H and O–H groups in total. The normalized spacial score (nSPS) is 13.7. The maximum absolute atomic E-state index is 12.7. The van der Waals surface area contributed by atoms with Crippen molar-refractivity contribution in [3.05, 3.63) is 58.6 Å². The van der Waals surface area contributed by atoms with E-state index in [4.69, 9.17) is 0 Å². The summed E-state index contributed by atoms with van der Waals surface area (Å²) in [6.07, 6.45) is 1.23. The number of benzene rings is 2. The van der Waals surface area contributed by atoms with Gasteiger partial charge in [0.1, 0.15) is 5.69 Å². The summed E-state index contributed by atoms with van der Waals surface area (Å²) in [6, 6.07) is 14.4. The number of nitro groups is 1. The van der Waals surface area contributed by atoms with Gasteiger partial charge in [-0.15, -0.1) is 11.8 Å². The first-order valence-corrected chi connectivity index (χ1v) is 9.15. The molecule has 2 aromatic rings. The summed E-state index contributed by atoms with van der Waals surface area (Å²) in [6.45, 7) is 1.06. The Balaban J connectivity index is 1.65. The van der Waals surface area contributed by atoms with Crippen LogP contribution in [0, 0.1) is 10.1 Å². The molecule has 1 aliphatic rings. The van der Waals surface area contributed by atoms with Crippen LogP contribution in [0.5, 0.6) is 0 Å². The largest absolute Gasteiger partial charge is 0.379 e. The van der Waals surface area contributed by atoms with Crippen LogP contribution in [0.4, 0.5) is 17.1 Å². The molecule has 25 heavy (non-hydrogen) atoms. The number of nitrogens with one attached hydrogen (secondary N) is 1. The number of carbonyl (C=O) groups is 1. The predicted molar refractivity (Wildman–Crippen MR) is 100 cm³/mol. The average molecular weight is 357 g/mol. The van der Waals surface area contributed by atoms with E-state index in [2.05, 4.69) is 5.32 Å². The van der Waals surface area contributed by atoms with Crippen LogP contribution in [-0.2, 0) is 4.79 Å². The number of para-hydroxylation sites is 3. The summed E-state index contributed by atoms with van der Waals surface area (Å²) >= 11 is 1.77. The number of nitro benzene ring substituents is 1. The Bertz CT molecular complexity index is 782. The van der Waals surface area contributed by atoms with E-state index >= 15 is 0 Å². The smallest absolute Gasteiger partial charge is 0.292 e. The van der Waals surface area contributed by atoms with Gasteiger partial charge in [-0.25, -0.2) is 0 Å². The Labute approximate surface area is 150 Å². The molecule has 0 bridgehead atoms. The molecule has 0 unspecified atom stereocenters. The number of hydrogen-bond acceptors (Lipinski definition) is 5. The van der Waals surface area contributed by atoms with Gasteiger partial charge in [-0.2, -0.15) is 0 Å². The van der Waals surface area contributed by atoms with Crippen LogP contribution in [0.15, 0.2) is 53.4 Å². The summed E-state index contributed by atoms with van der Waals surface area (Å²) in [5, 5.41) is 14.0. The van der Waals surface area contributed by atoms with Gasteiger partial charge >= 0.3 is 0 Å². The Hall–Kier alpha value is -2.54. The van der Waals surface area contributed by atoms with Crippen molar-refractivity contribution in [2.75, 3.05) is 29.1 Å². The van der Waals surface area contributed by atoms with E-state index in [1.165, 1.54) is 6.07 Å². The molecule has 2 aromatic carbocycles. The van der Waals surface area contributed by atoms with E-state index in [1.54, 1.807) is 30.0 Å². The molecule has 0 aromatic heterocycles. The lowest BCUT2D eigenvalue weighted by Gasteiger charge is -2.22. The zero-order valence-corrected chi connectivity index (χ0v) is 14.5. The number of thioether (sulfide) groups is 1. The molecule has 0 aliphatic carbocycles. The SMILES string of the molecule is O=C(CCNc1ccccc1[N+](=O)[O-])N1CCCSc2ccccc21. The molecule has 130 valence electrons. The fourth-order valence-corrected chi connectivity index (χ4v) is 3.80. The molecule has 1 amide bonds. The lowest BCUT2D eigenvalue weighted by Crippen LogP contribution is -2.33. The van der Waals surface area contributed by atoms with Gasteiger partial charge in [-0.3, -0.25) is 14.9 Å². The molecule has 3 rings (SSSR count). The van der Waals surface area contributed by atoms with Gasteiger partial charge in [0, 0.05) is 30.5 Å². The molecule has 0 saturated heterocycles. The summed E-state index contributed by atoms with van der Waals surface area (Å²) < 4.78 is 0. The lowest BCUT2D eigenvalue weighted by atomic mass is 10.2. The standard InChI is InChI=1S/C18H19N3O3S/c22-18(10-11-19-14-6-1-2-7-15(14)21(23)24)20-12-5-13-25-17-9-4-3-8-16(17)20/h1-4,6-9,19H,5,10-13H2. The van der Waals surface area contributed by atoms with E-state index in [-0.39, 0.29) is 18.0 Å². The van der Waals surface area contributed by atoms with Crippen molar-refractivity contribution in [3.63, 3.8) is 0 Å². The third-order valence-electron chi connectivity index (χ3n) is 4.00. The van der Waals surface area contributed by atoms with Crippen LogP contribution >= 0.6 is 11.8 Å². The molecule has 0 saturated carbocycles. The van der Waals surface area contributed by atoms with E-state index < -0.39 is 4.92 Å². The topological polar surface area (TPSA) is 75.5 Å². The first kappa shape index (κ1) is 17.3. The Morgan fingerprint density at radius 2 is 1.96 bits per heavy atom. The zero-order valence-electron chi connectivity index (χ0n) is 13.7. The fraction of sp³-hybridized carbons (Fsp3) is 0.278. The predicted octanol–water partition coefficient (Wildman–Crippen LogP) is 3.93. The van der Waals surface area contributed by atoms with Crippen molar-refractivity contribution in [2.45, 2.75) is 17.7 Å². The monoisotopic (exact) mass is 357 g/mol. The van der Waals surface area contributed by atoms with Crippen molar-refractivity contribution in [3.8, 4) is 0 Å². The van der Waals surface area contributed by atoms with Gasteiger partial charge in [0.05, 0.1) is 10.6 Å². The third kappa shape index (κ3) is 4.11. The van der Waals surface area contributed by atoms with Crippen LogP contribution in [-0.4, -0.2) is 29.7 Å². The molecule has 1 heterocycles. The summed E-state index contributed by atoms with van der Waals surface area (Å²) in [5.74, 6) is 1.02. The number of nitrogens with zero attached hydrogens (tertiary/aromatic N) is 2. The number of hydrogen-bond donors (Lipinski definition) is 1. The zero-order chi connectivity index (χ0) is 17.6. The van der Waals surface area contributed by atoms with Crippen molar-refractivity contribution >= 4 is 34.7 Å². The van der Waals surface area contributed by atoms with Gasteiger partial charge in [0.2, 0.25) is 5.91 Å². The molecule has 1 aliphatic heterocycles. The van der Waals surface area contributed by atoms with E-state index in [0.29, 0.717) is 18.8 Å². The van der Waals surface area contributed by atoms with Crippen molar-refractivity contribution in [1.29, 1.82) is 0 Å². The minimum atomic E-state index is -0.424. The van der Waals surface area contributed by atoms with Crippen LogP contribution in [0.1, 0.15) is 12.8 Å². The van der Waals surface area contributed by atoms with Crippen molar-refractivity contribution in [2.24, 2.45) is 0 Å². The summed E-state index contributed by atoms with van der Waals surface area (Å²) in [4.78, 5) is 26.2. The molecule has 0 fully saturated rings. The van der Waals surface area contributed by atoms with Crippen LogP contribution in [0.2, 0.25) is 0 Å². The van der Waals surface area contributed by atoms with Gasteiger partial charge in [0.25, 0.3) is 5.69 Å². The number of rotatable bonds is 5. The van der Waals surface area contributed by atoms with E-state index in [0.717, 1.165) is 22.8 Å². The Kier molecular flexibility index (Phi) is 5.55. The molecule has 7 heteroatoms. The van der Waals surface area contributed by atoms with Crippen LogP contribution in [0.25, 0.3) is 0 Å². The second-order valence-corrected chi connectivity index (χ2v) is 6.80. The first-order chi connectivity index (χ1) is 12.2. The number of amides is 1. The number of anilines is 2. The molecule has 0 spiro atoms. The second-order valence-electron chi connectivity index (χ2n) is 5.67. The second kappa shape index (κ2) is 8.02. The third-order valence-corrected chi connectivity index (χ3v) is 5.14. The quantitative estimate of drug-likeness (QED) is 0.648. The van der Waals surface area contributed by atoms with Gasteiger partial charge in [-0.1, -0.05) is 24.3 Å². The first-order valence-electron chi connectivity index (χ1n) is 8.16. The van der Waals surface area contributed by atoms with Gasteiger partial charge in [-0.05, 0) is 30.4 Å². The average Bonchev–Trinajstić information content (AvgIpc) is 2.84. The van der Waals surface area contributed by atoms with Crippen LogP contribution < -0.4 is 10.2 Å². The molecule has 6 nitrogen and oxygen atoms in total. The maximum Gasteiger partial charge on any atom is 0.292 e. The van der Waals surface area contributed by atoms with Crippen molar-refractivity contribution in [1.82, 2.24) is 0 Å². The fourth-order valence-electron chi connectivity index (χ4n) is 2.81. The molecular weight excluding hydrogens is 338 g/mol. The summed E-state index contributed by atoms with van der Waals surface area (Å²) in [7, 11) is 0. The Morgan fingerprint density at radius 3 is 2.80 bits per heavy atom. The van der Waals surface area contributed by atoms with Gasteiger partial charge in [0.15, 0.2) is 0 Å². The maximum atomic E-state index is 12.7. The molecule has 0 radical (unpaired) electrons. The highest BCUT2D eigenvalue weighted by molar-refractivity contribution is 7.99. The highest BCUT2D eigenvalue weighted by Crippen LogP contribution is 2.33. The Morgan fingerprint density at radius 1 is 1.20 bits per heavy atom. The van der Waals surface area contributed by atoms with Crippen LogP contribution in [0.3, 0.4) is 0 Å². The number of carbonyl (C=O) groups excluding carboxylic acids is 1. The highest BCUT2D eigenvalue weighted by Gasteiger charge is 2.21. The number of fused-ring (bicyclic) bond motifs is 1. The molecular formula is C18H19N3O3S. The van der Waals surface area contributed by atoms with E-state index in [1.807, 2.05) is 29.2 Å². The van der Waals surface area contributed by atoms with Crippen molar-refractivity contribution < 1.29 is 9.72 Å². The minimum absolute atomic E-state index is 0.0199. The lowest BCUT2D eigenvalue weighted by molar-refractivity contribution is -0.384. The molecule has 0 atom stereocenters. The van der Waals surface area contributed by atoms with E-state index in [9.17, 15) is 14.9 Å². The highest BCUT2D eigenvalue weighted by atomic mass is 32.2. The minimum Gasteiger partial charge on any atom is -0.379 e. The van der Waals surface area contributed by atoms with Gasteiger partial charge < -0.3 is 10.2 Å². The summed E-state index contributed by atoms with van der Waals surface area (Å²) in [5.41, 5.74) is 1.42.